The Morgan fingerprint density at radius 3 is 2.56 bits per heavy atom. The molecule has 0 fully saturated rings. The Morgan fingerprint density at radius 1 is 1.44 bits per heavy atom. The van der Waals surface area contributed by atoms with Crippen LogP contribution in [0.5, 0.6) is 5.75 Å². The third kappa shape index (κ3) is 2.92. The lowest BCUT2D eigenvalue weighted by molar-refractivity contribution is 0.0615. The minimum Gasteiger partial charge on any atom is -0.508 e. The molecule has 1 N–H and O–H groups in total. The number of phenolic OH excluding ortho intramolecular Hbond substituents is 1. The minimum atomic E-state index is -0.289. The molecule has 0 unspecified atom stereocenters. The van der Waals surface area contributed by atoms with Crippen LogP contribution in [0, 0.1) is 6.92 Å². The molecule has 1 rings (SSSR count). The van der Waals surface area contributed by atoms with E-state index in [0.717, 1.165) is 0 Å². The number of rotatable bonds is 3. The fourth-order valence-corrected chi connectivity index (χ4v) is 1.79. The maximum absolute atomic E-state index is 12.5. The topological polar surface area (TPSA) is 40.5 Å². The first-order chi connectivity index (χ1) is 8.29. The Balaban J connectivity index is 3.18. The van der Waals surface area contributed by atoms with Crippen LogP contribution in [-0.4, -0.2) is 28.0 Å². The summed E-state index contributed by atoms with van der Waals surface area (Å²) in [7, 11) is 0. The summed E-state index contributed by atoms with van der Waals surface area (Å²) in [5.41, 5.74) is 0.857. The van der Waals surface area contributed by atoms with Gasteiger partial charge in [0.25, 0.3) is 5.91 Å². The number of amides is 1. The van der Waals surface area contributed by atoms with Gasteiger partial charge in [0.1, 0.15) is 5.75 Å². The van der Waals surface area contributed by atoms with Gasteiger partial charge in [-0.3, -0.25) is 4.79 Å². The van der Waals surface area contributed by atoms with Crippen molar-refractivity contribution in [2.75, 3.05) is 6.54 Å². The fraction of sp³-hybridized carbons (Fsp3) is 0.400. The summed E-state index contributed by atoms with van der Waals surface area (Å²) >= 11 is 0. The first kappa shape index (κ1) is 14.3. The van der Waals surface area contributed by atoms with E-state index >= 15 is 0 Å². The number of carbonyl (C=O) groups is 1. The molecule has 0 bridgehead atoms. The summed E-state index contributed by atoms with van der Waals surface area (Å²) in [4.78, 5) is 14.3. The first-order valence-corrected chi connectivity index (χ1v) is 6.00. The van der Waals surface area contributed by atoms with Crippen LogP contribution < -0.4 is 0 Å². The van der Waals surface area contributed by atoms with Crippen LogP contribution in [0.4, 0.5) is 0 Å². The predicted molar refractivity (Wildman–Crippen MR) is 73.8 cm³/mol. The molecular weight excluding hydrogens is 226 g/mol. The highest BCUT2D eigenvalue weighted by atomic mass is 16.3. The molecular formula is C15H21NO2. The van der Waals surface area contributed by atoms with Crippen molar-refractivity contribution in [1.29, 1.82) is 0 Å². The van der Waals surface area contributed by atoms with Gasteiger partial charge in [-0.15, -0.1) is 6.58 Å². The molecule has 0 saturated heterocycles. The van der Waals surface area contributed by atoms with Gasteiger partial charge in [0, 0.05) is 23.2 Å². The van der Waals surface area contributed by atoms with E-state index in [9.17, 15) is 9.90 Å². The lowest BCUT2D eigenvalue weighted by Gasteiger charge is -2.35. The van der Waals surface area contributed by atoms with Crippen molar-refractivity contribution < 1.29 is 9.90 Å². The minimum absolute atomic E-state index is 0.0872. The highest BCUT2D eigenvalue weighted by Crippen LogP contribution is 2.24. The average Bonchev–Trinajstić information content (AvgIpc) is 2.27. The average molecular weight is 247 g/mol. The Labute approximate surface area is 109 Å². The van der Waals surface area contributed by atoms with Crippen LogP contribution in [0.3, 0.4) is 0 Å². The smallest absolute Gasteiger partial charge is 0.254 e. The molecule has 0 radical (unpaired) electrons. The molecule has 0 atom stereocenters. The normalized spacial score (nSPS) is 11.1. The molecule has 0 aliphatic heterocycles. The van der Waals surface area contributed by atoms with E-state index in [1.165, 1.54) is 0 Å². The van der Waals surface area contributed by atoms with E-state index in [4.69, 9.17) is 0 Å². The van der Waals surface area contributed by atoms with Crippen molar-refractivity contribution in [2.45, 2.75) is 33.2 Å². The molecule has 0 aliphatic carbocycles. The van der Waals surface area contributed by atoms with Gasteiger partial charge in [-0.2, -0.15) is 0 Å². The van der Waals surface area contributed by atoms with Gasteiger partial charge >= 0.3 is 0 Å². The Bertz CT molecular complexity index is 458. The van der Waals surface area contributed by atoms with E-state index in [1.807, 2.05) is 20.8 Å². The summed E-state index contributed by atoms with van der Waals surface area (Å²) in [5, 5.41) is 9.67. The van der Waals surface area contributed by atoms with E-state index in [-0.39, 0.29) is 17.2 Å². The molecule has 0 spiro atoms. The molecule has 0 aromatic heterocycles. The summed E-state index contributed by atoms with van der Waals surface area (Å²) in [6.45, 7) is 11.9. The van der Waals surface area contributed by atoms with Crippen molar-refractivity contribution >= 4 is 5.91 Å². The van der Waals surface area contributed by atoms with Crippen LogP contribution in [0.2, 0.25) is 0 Å². The largest absolute Gasteiger partial charge is 0.508 e. The van der Waals surface area contributed by atoms with E-state index in [0.29, 0.717) is 17.7 Å². The standard InChI is InChI=1S/C15H21NO2/c1-6-10-16(15(3,4)5)14(18)12-8-7-9-13(17)11(12)2/h6-9,17H,1,10H2,2-5H3. The molecule has 0 saturated carbocycles. The highest BCUT2D eigenvalue weighted by Gasteiger charge is 2.27. The van der Waals surface area contributed by atoms with E-state index < -0.39 is 0 Å². The summed E-state index contributed by atoms with van der Waals surface area (Å²) < 4.78 is 0. The number of phenols is 1. The number of hydrogen-bond acceptors (Lipinski definition) is 2. The van der Waals surface area contributed by atoms with E-state index in [2.05, 4.69) is 6.58 Å². The van der Waals surface area contributed by atoms with Crippen LogP contribution in [0.1, 0.15) is 36.7 Å². The Hall–Kier alpha value is -1.77. The van der Waals surface area contributed by atoms with Gasteiger partial charge < -0.3 is 10.0 Å². The lowest BCUT2D eigenvalue weighted by atomic mass is 10.0. The zero-order valence-corrected chi connectivity index (χ0v) is 11.5. The number of nitrogens with zero attached hydrogens (tertiary/aromatic N) is 1. The van der Waals surface area contributed by atoms with Gasteiger partial charge in [-0.05, 0) is 39.8 Å². The SMILES string of the molecule is C=CCN(C(=O)c1cccc(O)c1C)C(C)(C)C. The molecule has 1 aromatic carbocycles. The van der Waals surface area contributed by atoms with Crippen LogP contribution >= 0.6 is 0 Å². The molecule has 3 heteroatoms. The molecule has 98 valence electrons. The fourth-order valence-electron chi connectivity index (χ4n) is 1.79. The summed E-state index contributed by atoms with van der Waals surface area (Å²) in [6.07, 6.45) is 1.71. The van der Waals surface area contributed by atoms with Crippen LogP contribution in [0.15, 0.2) is 30.9 Å². The van der Waals surface area contributed by atoms with Crippen molar-refractivity contribution in [3.8, 4) is 5.75 Å². The molecule has 3 nitrogen and oxygen atoms in total. The highest BCUT2D eigenvalue weighted by molar-refractivity contribution is 5.96. The second kappa shape index (κ2) is 5.25. The number of aromatic hydroxyl groups is 1. The maximum Gasteiger partial charge on any atom is 0.254 e. The summed E-state index contributed by atoms with van der Waals surface area (Å²) in [5.74, 6) is 0.0594. The quantitative estimate of drug-likeness (QED) is 0.834. The van der Waals surface area contributed by atoms with Crippen molar-refractivity contribution in [2.24, 2.45) is 0 Å². The van der Waals surface area contributed by atoms with Gasteiger partial charge in [0.05, 0.1) is 0 Å². The van der Waals surface area contributed by atoms with Gasteiger partial charge in [-0.1, -0.05) is 12.1 Å². The maximum atomic E-state index is 12.5. The lowest BCUT2D eigenvalue weighted by Crippen LogP contribution is -2.45. The van der Waals surface area contributed by atoms with Crippen molar-refractivity contribution in [3.63, 3.8) is 0 Å². The molecule has 0 heterocycles. The van der Waals surface area contributed by atoms with E-state index in [1.54, 1.807) is 36.1 Å². The zero-order valence-electron chi connectivity index (χ0n) is 11.5. The number of benzene rings is 1. The molecule has 0 aliphatic rings. The first-order valence-electron chi connectivity index (χ1n) is 6.00. The van der Waals surface area contributed by atoms with Crippen molar-refractivity contribution in [3.05, 3.63) is 42.0 Å². The molecule has 1 amide bonds. The second-order valence-corrected chi connectivity index (χ2v) is 5.32. The number of carbonyl (C=O) groups excluding carboxylic acids is 1. The van der Waals surface area contributed by atoms with Gasteiger partial charge in [0.15, 0.2) is 0 Å². The second-order valence-electron chi connectivity index (χ2n) is 5.32. The molecule has 18 heavy (non-hydrogen) atoms. The van der Waals surface area contributed by atoms with Crippen LogP contribution in [-0.2, 0) is 0 Å². The van der Waals surface area contributed by atoms with Gasteiger partial charge in [-0.25, -0.2) is 0 Å². The summed E-state index contributed by atoms with van der Waals surface area (Å²) in [6, 6.07) is 5.00. The van der Waals surface area contributed by atoms with Crippen molar-refractivity contribution in [1.82, 2.24) is 4.90 Å². The third-order valence-electron chi connectivity index (χ3n) is 2.90. The Morgan fingerprint density at radius 2 is 2.06 bits per heavy atom. The zero-order chi connectivity index (χ0) is 13.9. The Kier molecular flexibility index (Phi) is 4.17. The molecule has 1 aromatic rings. The predicted octanol–water partition coefficient (Wildman–Crippen LogP) is 3.13. The van der Waals surface area contributed by atoms with Gasteiger partial charge in [0.2, 0.25) is 0 Å². The van der Waals surface area contributed by atoms with Crippen LogP contribution in [0.25, 0.3) is 0 Å². The monoisotopic (exact) mass is 247 g/mol. The number of hydrogen-bond donors (Lipinski definition) is 1. The third-order valence-corrected chi connectivity index (χ3v) is 2.90.